The molecule has 0 fully saturated rings. The highest BCUT2D eigenvalue weighted by Crippen LogP contribution is 2.22. The molecule has 14 N–H and O–H groups in total. The van der Waals surface area contributed by atoms with Gasteiger partial charge in [0, 0.05) is 60.4 Å². The third kappa shape index (κ3) is 17.5. The molecule has 0 saturated heterocycles. The number of amides is 8. The van der Waals surface area contributed by atoms with Crippen LogP contribution in [0.5, 0.6) is 0 Å². The number of primary amides is 1. The van der Waals surface area contributed by atoms with Crippen LogP contribution in [0.25, 0.3) is 32.6 Å². The van der Waals surface area contributed by atoms with Crippen molar-refractivity contribution in [3.05, 3.63) is 120 Å². The molecule has 6 aromatic rings. The van der Waals surface area contributed by atoms with E-state index in [-0.39, 0.29) is 38.5 Å². The van der Waals surface area contributed by atoms with Crippen molar-refractivity contribution in [3.63, 3.8) is 0 Å². The van der Waals surface area contributed by atoms with Gasteiger partial charge in [-0.25, -0.2) is 0 Å². The number of carbonyl (C=O) groups excluding carboxylic acids is 8. The van der Waals surface area contributed by atoms with E-state index >= 15 is 9.59 Å². The molecular formula is C59H75N11O10. The zero-order chi connectivity index (χ0) is 57.7. The zero-order valence-electron chi connectivity index (χ0n) is 45.5. The molecule has 0 saturated carbocycles. The van der Waals surface area contributed by atoms with Crippen LogP contribution in [0.15, 0.2) is 103 Å². The first-order valence-corrected chi connectivity index (χ1v) is 27.4. The number of benzene rings is 4. The SMILES string of the molecule is CCCC[C@H](NC(C)=O)C(=O)N[C@@H](CC(=O)O)C(=O)N[C@@H](Cc1c[nH]c2ccccc12)C(=O)N[C@H](Cc1ccc2ccccc2c1)C(=O)N[C@@H](CCCC)C(=O)N[C@@H](Cc1c[nH]c2ccccc12)C(=O)N[C@@H](CCCCN)C(N)=O. The van der Waals surface area contributed by atoms with Gasteiger partial charge in [-0.1, -0.05) is 118 Å². The van der Waals surface area contributed by atoms with E-state index in [1.165, 1.54) is 6.92 Å². The van der Waals surface area contributed by atoms with E-state index < -0.39 is 102 Å². The molecule has 6 rings (SSSR count). The third-order valence-electron chi connectivity index (χ3n) is 14.0. The molecule has 4 aromatic carbocycles. The molecule has 21 nitrogen and oxygen atoms in total. The first-order valence-electron chi connectivity index (χ1n) is 27.4. The Labute approximate surface area is 464 Å². The van der Waals surface area contributed by atoms with Crippen LogP contribution < -0.4 is 48.7 Å². The van der Waals surface area contributed by atoms with Gasteiger partial charge >= 0.3 is 5.97 Å². The molecule has 0 aliphatic carbocycles. The molecule has 426 valence electrons. The van der Waals surface area contributed by atoms with Crippen LogP contribution in [0, 0.1) is 0 Å². The fourth-order valence-electron chi connectivity index (χ4n) is 9.67. The highest BCUT2D eigenvalue weighted by molar-refractivity contribution is 5.99. The molecule has 2 aromatic heterocycles. The van der Waals surface area contributed by atoms with Gasteiger partial charge in [-0.3, -0.25) is 43.2 Å². The average molecular weight is 1100 g/mol. The summed E-state index contributed by atoms with van der Waals surface area (Å²) in [6, 6.07) is 18.5. The molecule has 0 radical (unpaired) electrons. The molecule has 8 amide bonds. The molecule has 21 heteroatoms. The van der Waals surface area contributed by atoms with Gasteiger partial charge in [0.15, 0.2) is 0 Å². The van der Waals surface area contributed by atoms with E-state index in [2.05, 4.69) is 47.2 Å². The van der Waals surface area contributed by atoms with E-state index in [1.54, 1.807) is 24.5 Å². The number of aromatic nitrogens is 2. The molecule has 80 heavy (non-hydrogen) atoms. The van der Waals surface area contributed by atoms with Crippen LogP contribution in [0.1, 0.15) is 102 Å². The number of carbonyl (C=O) groups is 9. The number of hydrogen-bond acceptors (Lipinski definition) is 10. The summed E-state index contributed by atoms with van der Waals surface area (Å²) in [7, 11) is 0. The van der Waals surface area contributed by atoms with Gasteiger partial charge in [0.1, 0.15) is 42.3 Å². The number of carboxylic acids is 1. The van der Waals surface area contributed by atoms with Crippen molar-refractivity contribution >= 4 is 85.8 Å². The van der Waals surface area contributed by atoms with Crippen molar-refractivity contribution in [2.45, 2.75) is 147 Å². The second-order valence-electron chi connectivity index (χ2n) is 20.2. The molecular weight excluding hydrogens is 1020 g/mol. The number of fused-ring (bicyclic) bond motifs is 3. The van der Waals surface area contributed by atoms with E-state index in [4.69, 9.17) is 11.5 Å². The summed E-state index contributed by atoms with van der Waals surface area (Å²) >= 11 is 0. The Hall–Kier alpha value is -8.59. The van der Waals surface area contributed by atoms with Gasteiger partial charge in [0.05, 0.1) is 6.42 Å². The van der Waals surface area contributed by atoms with Crippen LogP contribution in [0.2, 0.25) is 0 Å². The summed E-state index contributed by atoms with van der Waals surface area (Å²) in [6.45, 7) is 5.40. The predicted molar refractivity (Wildman–Crippen MR) is 304 cm³/mol. The number of carboxylic acid groups (broad SMARTS) is 1. The van der Waals surface area contributed by atoms with E-state index in [0.29, 0.717) is 67.1 Å². The van der Waals surface area contributed by atoms with Gasteiger partial charge in [-0.15, -0.1) is 0 Å². The van der Waals surface area contributed by atoms with E-state index in [0.717, 1.165) is 27.2 Å². The van der Waals surface area contributed by atoms with Crippen molar-refractivity contribution in [3.8, 4) is 0 Å². The Bertz CT molecular complexity index is 3140. The number of unbranched alkanes of at least 4 members (excludes halogenated alkanes) is 3. The number of aromatic amines is 2. The number of aliphatic carboxylic acids is 1. The van der Waals surface area contributed by atoms with Crippen molar-refractivity contribution in [1.29, 1.82) is 0 Å². The Morgan fingerprint density at radius 1 is 0.487 bits per heavy atom. The monoisotopic (exact) mass is 1100 g/mol. The summed E-state index contributed by atoms with van der Waals surface area (Å²) in [5.41, 5.74) is 14.9. The highest BCUT2D eigenvalue weighted by atomic mass is 16.4. The molecule has 0 aliphatic rings. The smallest absolute Gasteiger partial charge is 0.305 e. The van der Waals surface area contributed by atoms with Gasteiger partial charge in [0.2, 0.25) is 47.3 Å². The minimum Gasteiger partial charge on any atom is -0.481 e. The average Bonchev–Trinajstić information content (AvgIpc) is 4.06. The minimum absolute atomic E-state index is 0.0136. The molecule has 0 bridgehead atoms. The predicted octanol–water partition coefficient (Wildman–Crippen LogP) is 3.71. The fraction of sp³-hybridized carbons (Fsp3) is 0.407. The van der Waals surface area contributed by atoms with Crippen molar-refractivity contribution in [2.24, 2.45) is 11.5 Å². The molecule has 0 aliphatic heterocycles. The maximum Gasteiger partial charge on any atom is 0.305 e. The number of hydrogen-bond donors (Lipinski definition) is 12. The largest absolute Gasteiger partial charge is 0.481 e. The van der Waals surface area contributed by atoms with Crippen LogP contribution in [-0.2, 0) is 62.4 Å². The van der Waals surface area contributed by atoms with E-state index in [9.17, 15) is 38.7 Å². The Kier molecular flexibility index (Phi) is 22.7. The van der Waals surface area contributed by atoms with E-state index in [1.807, 2.05) is 92.7 Å². The number of para-hydroxylation sites is 2. The molecule has 7 atom stereocenters. The fourth-order valence-corrected chi connectivity index (χ4v) is 9.67. The first-order chi connectivity index (χ1) is 38.5. The molecule has 2 heterocycles. The van der Waals surface area contributed by atoms with Crippen LogP contribution in [0.4, 0.5) is 0 Å². The lowest BCUT2D eigenvalue weighted by molar-refractivity contribution is -0.141. The molecule has 0 spiro atoms. The minimum atomic E-state index is -1.70. The van der Waals surface area contributed by atoms with Gasteiger partial charge in [0.25, 0.3) is 0 Å². The number of H-pyrrole nitrogens is 2. The van der Waals surface area contributed by atoms with Crippen molar-refractivity contribution in [1.82, 2.24) is 47.2 Å². The van der Waals surface area contributed by atoms with Crippen molar-refractivity contribution in [2.75, 3.05) is 6.54 Å². The van der Waals surface area contributed by atoms with Crippen LogP contribution in [-0.4, -0.2) is 117 Å². The quantitative estimate of drug-likeness (QED) is 0.0270. The maximum atomic E-state index is 15.0. The third-order valence-corrected chi connectivity index (χ3v) is 14.0. The first kappa shape index (κ1) is 60.6. The van der Waals surface area contributed by atoms with Gasteiger partial charge < -0.3 is 63.8 Å². The number of nitrogens with one attached hydrogen (secondary N) is 9. The second-order valence-corrected chi connectivity index (χ2v) is 20.2. The lowest BCUT2D eigenvalue weighted by Crippen LogP contribution is -2.61. The summed E-state index contributed by atoms with van der Waals surface area (Å²) in [5, 5.41) is 32.2. The Morgan fingerprint density at radius 2 is 0.912 bits per heavy atom. The lowest BCUT2D eigenvalue weighted by atomic mass is 9.99. The topological polar surface area (TPSA) is 342 Å². The summed E-state index contributed by atoms with van der Waals surface area (Å²) < 4.78 is 0. The maximum absolute atomic E-state index is 15.0. The normalized spacial score (nSPS) is 13.9. The van der Waals surface area contributed by atoms with Crippen LogP contribution >= 0.6 is 0 Å². The summed E-state index contributed by atoms with van der Waals surface area (Å²) in [5.74, 6) is -7.54. The zero-order valence-corrected chi connectivity index (χ0v) is 45.5. The Morgan fingerprint density at radius 3 is 1.41 bits per heavy atom. The highest BCUT2D eigenvalue weighted by Gasteiger charge is 2.35. The van der Waals surface area contributed by atoms with Crippen molar-refractivity contribution < 1.29 is 48.3 Å². The van der Waals surface area contributed by atoms with Gasteiger partial charge in [-0.2, -0.15) is 0 Å². The Balaban J connectivity index is 1.33. The standard InChI is InChI=1S/C59H75N11O10/c1-4-6-20-46(64-35(3)71)54(75)70-51(32-52(72)73)59(80)69-50(31-40-34-63-44-23-13-11-19-42(40)44)58(79)67-48(29-36-25-26-37-16-8-9-17-38(37)28-36)56(77)66-47(21-7-5-2)55(76)68-49(30-39-33-62-43-22-12-10-18-41(39)43)57(78)65-45(53(61)74)24-14-15-27-60/h8-13,16-19,22-23,25-26,28,33-34,45-51,62-63H,4-7,14-15,20-21,24,27,29-32,60H2,1-3H3,(H2,61,74)(H,64,71)(H,65,78)(H,66,77)(H,67,79)(H,68,76)(H,69,80)(H,70,75)(H,72,73)/t45-,46-,47-,48+,49-,50-,51-/m0/s1. The lowest BCUT2D eigenvalue weighted by Gasteiger charge is -2.28. The van der Waals surface area contributed by atoms with Crippen LogP contribution in [0.3, 0.4) is 0 Å². The summed E-state index contributed by atoms with van der Waals surface area (Å²) in [4.78, 5) is 130. The number of nitrogens with two attached hydrogens (primary N) is 2. The number of rotatable bonds is 32. The van der Waals surface area contributed by atoms with Gasteiger partial charge in [-0.05, 0) is 78.2 Å². The second kappa shape index (κ2) is 30.0. The summed E-state index contributed by atoms with van der Waals surface area (Å²) in [6.07, 6.45) is 6.17. The molecule has 0 unspecified atom stereocenters.